The molecule has 1 aliphatic rings. The van der Waals surface area contributed by atoms with E-state index in [0.29, 0.717) is 22.2 Å². The number of nitrogens with zero attached hydrogens (tertiary/aromatic N) is 3. The maximum Gasteiger partial charge on any atom is 0.214 e. The molecule has 2 aromatic rings. The van der Waals surface area contributed by atoms with Crippen molar-refractivity contribution in [1.82, 2.24) is 19.7 Å². The molecule has 0 bridgehead atoms. The molecule has 1 N–H and O–H groups in total. The summed E-state index contributed by atoms with van der Waals surface area (Å²) in [5, 5.41) is 8.18. The second-order valence-electron chi connectivity index (χ2n) is 5.04. The van der Waals surface area contributed by atoms with Gasteiger partial charge in [0.1, 0.15) is 5.75 Å². The van der Waals surface area contributed by atoms with Gasteiger partial charge in [0, 0.05) is 6.07 Å². The van der Waals surface area contributed by atoms with Crippen molar-refractivity contribution in [2.24, 2.45) is 0 Å². The predicted octanol–water partition coefficient (Wildman–Crippen LogP) is 1.51. The van der Waals surface area contributed by atoms with Crippen molar-refractivity contribution in [2.45, 2.75) is 24.6 Å². The van der Waals surface area contributed by atoms with Gasteiger partial charge < -0.3 is 4.74 Å². The number of ether oxygens (including phenoxy) is 1. The molecule has 0 saturated heterocycles. The fourth-order valence-corrected chi connectivity index (χ4v) is 3.51. The first-order chi connectivity index (χ1) is 10.5. The van der Waals surface area contributed by atoms with E-state index in [9.17, 15) is 8.42 Å². The Hall–Kier alpha value is -1.64. The molecule has 118 valence electrons. The number of hydrogen-bond donors (Lipinski definition) is 1. The minimum Gasteiger partial charge on any atom is -0.497 e. The molecule has 9 heteroatoms. The molecule has 1 aromatic carbocycles. The molecule has 1 aliphatic carbocycles. The Labute approximate surface area is 133 Å². The summed E-state index contributed by atoms with van der Waals surface area (Å²) < 4.78 is 32.7. The van der Waals surface area contributed by atoms with Gasteiger partial charge in [-0.3, -0.25) is 0 Å². The number of nitrogens with one attached hydrogen (secondary N) is 1. The van der Waals surface area contributed by atoms with Crippen molar-refractivity contribution < 1.29 is 13.2 Å². The Kier molecular flexibility index (Phi) is 4.07. The van der Waals surface area contributed by atoms with Crippen LogP contribution in [0.1, 0.15) is 18.5 Å². The van der Waals surface area contributed by atoms with Gasteiger partial charge in [0.15, 0.2) is 0 Å². The lowest BCUT2D eigenvalue weighted by Gasteiger charge is -2.06. The van der Waals surface area contributed by atoms with E-state index in [-0.39, 0.29) is 11.8 Å². The van der Waals surface area contributed by atoms with Crippen LogP contribution in [0.4, 0.5) is 0 Å². The Morgan fingerprint density at radius 2 is 2.23 bits per heavy atom. The summed E-state index contributed by atoms with van der Waals surface area (Å²) in [6, 6.07) is 5.18. The highest BCUT2D eigenvalue weighted by molar-refractivity contribution is 7.90. The Bertz CT molecular complexity index is 786. The fourth-order valence-electron chi connectivity index (χ4n) is 1.96. The first-order valence-electron chi connectivity index (χ1n) is 6.73. The largest absolute Gasteiger partial charge is 0.497 e. The van der Waals surface area contributed by atoms with Crippen LogP contribution < -0.4 is 9.46 Å². The third-order valence-electron chi connectivity index (χ3n) is 3.36. The normalized spacial score (nSPS) is 15.0. The number of aromatic nitrogens is 3. The summed E-state index contributed by atoms with van der Waals surface area (Å²) in [4.78, 5) is 0. The highest BCUT2D eigenvalue weighted by atomic mass is 35.5. The van der Waals surface area contributed by atoms with Crippen LogP contribution in [-0.2, 0) is 16.6 Å². The number of benzene rings is 1. The second kappa shape index (κ2) is 5.86. The smallest absolute Gasteiger partial charge is 0.214 e. The summed E-state index contributed by atoms with van der Waals surface area (Å²) >= 11 is 6.14. The SMILES string of the molecule is COc1ccc(Cl)c(-n2cc(CNS(=O)(=O)C3CC3)nn2)c1. The standard InChI is InChI=1S/C13H15ClN4O3S/c1-21-10-2-5-12(14)13(6-10)18-8-9(16-17-18)7-15-22(19,20)11-3-4-11/h2,5-6,8,11,15H,3-4,7H2,1H3. The van der Waals surface area contributed by atoms with Crippen LogP contribution in [0, 0.1) is 0 Å². The van der Waals surface area contributed by atoms with E-state index in [1.807, 2.05) is 0 Å². The number of methoxy groups -OCH3 is 1. The average Bonchev–Trinajstić information content (AvgIpc) is 3.26. The number of hydrogen-bond acceptors (Lipinski definition) is 5. The van der Waals surface area contributed by atoms with E-state index < -0.39 is 10.0 Å². The molecule has 0 spiro atoms. The maximum atomic E-state index is 11.8. The van der Waals surface area contributed by atoms with Gasteiger partial charge in [-0.1, -0.05) is 16.8 Å². The lowest BCUT2D eigenvalue weighted by Crippen LogP contribution is -2.26. The van der Waals surface area contributed by atoms with E-state index in [1.54, 1.807) is 31.5 Å². The van der Waals surface area contributed by atoms with Crippen LogP contribution in [0.3, 0.4) is 0 Å². The molecule has 1 heterocycles. The monoisotopic (exact) mass is 342 g/mol. The van der Waals surface area contributed by atoms with E-state index in [0.717, 1.165) is 12.8 Å². The summed E-state index contributed by atoms with van der Waals surface area (Å²) in [5.74, 6) is 0.644. The van der Waals surface area contributed by atoms with E-state index >= 15 is 0 Å². The van der Waals surface area contributed by atoms with Crippen LogP contribution in [0.25, 0.3) is 5.69 Å². The van der Waals surface area contributed by atoms with Crippen LogP contribution in [-0.4, -0.2) is 35.8 Å². The zero-order chi connectivity index (χ0) is 15.7. The predicted molar refractivity (Wildman–Crippen MR) is 81.7 cm³/mol. The highest BCUT2D eigenvalue weighted by Gasteiger charge is 2.35. The van der Waals surface area contributed by atoms with Gasteiger partial charge in [0.25, 0.3) is 0 Å². The van der Waals surface area contributed by atoms with Crippen LogP contribution >= 0.6 is 11.6 Å². The molecule has 0 radical (unpaired) electrons. The first-order valence-corrected chi connectivity index (χ1v) is 8.65. The third-order valence-corrected chi connectivity index (χ3v) is 5.57. The molecular weight excluding hydrogens is 328 g/mol. The van der Waals surface area contributed by atoms with Gasteiger partial charge in [-0.05, 0) is 25.0 Å². The van der Waals surface area contributed by atoms with Gasteiger partial charge >= 0.3 is 0 Å². The Morgan fingerprint density at radius 1 is 1.45 bits per heavy atom. The zero-order valence-corrected chi connectivity index (χ0v) is 13.4. The average molecular weight is 343 g/mol. The minimum absolute atomic E-state index is 0.112. The third kappa shape index (κ3) is 3.23. The fraction of sp³-hybridized carbons (Fsp3) is 0.385. The maximum absolute atomic E-state index is 11.8. The van der Waals surface area contributed by atoms with Crippen LogP contribution in [0.15, 0.2) is 24.4 Å². The second-order valence-corrected chi connectivity index (χ2v) is 7.49. The van der Waals surface area contributed by atoms with E-state index in [2.05, 4.69) is 15.0 Å². The van der Waals surface area contributed by atoms with Gasteiger partial charge in [-0.2, -0.15) is 0 Å². The summed E-state index contributed by atoms with van der Waals surface area (Å²) in [6.45, 7) is 0.112. The van der Waals surface area contributed by atoms with Gasteiger partial charge in [-0.15, -0.1) is 5.10 Å². The zero-order valence-electron chi connectivity index (χ0n) is 11.9. The van der Waals surface area contributed by atoms with E-state index in [4.69, 9.17) is 16.3 Å². The molecule has 22 heavy (non-hydrogen) atoms. The molecule has 0 amide bonds. The van der Waals surface area contributed by atoms with Crippen molar-refractivity contribution in [1.29, 1.82) is 0 Å². The summed E-state index contributed by atoms with van der Waals surface area (Å²) in [6.07, 6.45) is 3.08. The lowest BCUT2D eigenvalue weighted by atomic mass is 10.3. The molecule has 1 saturated carbocycles. The Balaban J connectivity index is 1.76. The first kappa shape index (κ1) is 15.3. The molecule has 0 atom stereocenters. The number of rotatable bonds is 6. The quantitative estimate of drug-likeness (QED) is 0.860. The van der Waals surface area contributed by atoms with Crippen molar-refractivity contribution in [3.63, 3.8) is 0 Å². The molecular formula is C13H15ClN4O3S. The summed E-state index contributed by atoms with van der Waals surface area (Å²) in [5.41, 5.74) is 1.13. The topological polar surface area (TPSA) is 86.1 Å². The van der Waals surface area contributed by atoms with Gasteiger partial charge in [0.2, 0.25) is 10.0 Å². The van der Waals surface area contributed by atoms with Crippen molar-refractivity contribution in [2.75, 3.05) is 7.11 Å². The molecule has 3 rings (SSSR count). The van der Waals surface area contributed by atoms with Crippen LogP contribution in [0.5, 0.6) is 5.75 Å². The van der Waals surface area contributed by atoms with Crippen molar-refractivity contribution in [3.05, 3.63) is 35.1 Å². The number of sulfonamides is 1. The molecule has 0 unspecified atom stereocenters. The molecule has 0 aliphatic heterocycles. The van der Waals surface area contributed by atoms with Crippen LogP contribution in [0.2, 0.25) is 5.02 Å². The lowest BCUT2D eigenvalue weighted by molar-refractivity contribution is 0.414. The van der Waals surface area contributed by atoms with Gasteiger partial charge in [0.05, 0.1) is 41.5 Å². The number of halogens is 1. The summed E-state index contributed by atoms with van der Waals surface area (Å²) in [7, 11) is -1.67. The van der Waals surface area contributed by atoms with E-state index in [1.165, 1.54) is 4.68 Å². The van der Waals surface area contributed by atoms with Crippen molar-refractivity contribution >= 4 is 21.6 Å². The molecule has 1 aromatic heterocycles. The van der Waals surface area contributed by atoms with Gasteiger partial charge in [-0.25, -0.2) is 17.8 Å². The highest BCUT2D eigenvalue weighted by Crippen LogP contribution is 2.27. The Morgan fingerprint density at radius 3 is 2.91 bits per heavy atom. The van der Waals surface area contributed by atoms with Crippen molar-refractivity contribution in [3.8, 4) is 11.4 Å². The molecule has 1 fully saturated rings. The minimum atomic E-state index is -3.23. The molecule has 7 nitrogen and oxygen atoms in total.